The minimum Gasteiger partial charge on any atom is -0.393 e. The average Bonchev–Trinajstić information content (AvgIpc) is 2.84. The van der Waals surface area contributed by atoms with E-state index in [2.05, 4.69) is 6.58 Å². The Morgan fingerprint density at radius 2 is 1.96 bits per heavy atom. The molecule has 5 heteroatoms. The number of aliphatic hydroxyl groups is 1. The van der Waals surface area contributed by atoms with Crippen LogP contribution in [0.25, 0.3) is 0 Å². The standard InChI is InChI=1S/C19H28O4S/c1-4-9-18-17(14(3)19(23-18)12-15(20)5-2)13-24(21,22)16-10-7-6-8-11-16/h4,6-8,10-11,14-15,17-20H,1,5,9,12-13H2,2-3H3/t14-,15-,17-,18+,19-/m1/s1. The predicted octanol–water partition coefficient (Wildman–Crippen LogP) is 3.22. The van der Waals surface area contributed by atoms with Gasteiger partial charge < -0.3 is 9.84 Å². The third-order valence-electron chi connectivity index (χ3n) is 4.98. The number of benzene rings is 1. The number of hydrogen-bond donors (Lipinski definition) is 1. The first-order valence-electron chi connectivity index (χ1n) is 8.61. The molecule has 24 heavy (non-hydrogen) atoms. The van der Waals surface area contributed by atoms with Crippen LogP contribution in [-0.2, 0) is 14.6 Å². The van der Waals surface area contributed by atoms with Gasteiger partial charge in [-0.1, -0.05) is 38.1 Å². The number of sulfone groups is 1. The summed E-state index contributed by atoms with van der Waals surface area (Å²) in [5.74, 6) is 0.0481. The van der Waals surface area contributed by atoms with Gasteiger partial charge in [0.1, 0.15) is 0 Å². The van der Waals surface area contributed by atoms with E-state index in [1.54, 1.807) is 30.3 Å². The first-order valence-corrected chi connectivity index (χ1v) is 10.3. The Labute approximate surface area is 145 Å². The second kappa shape index (κ2) is 8.28. The second-order valence-electron chi connectivity index (χ2n) is 6.65. The maximum Gasteiger partial charge on any atom is 0.178 e. The summed E-state index contributed by atoms with van der Waals surface area (Å²) in [5, 5.41) is 9.93. The molecule has 1 aliphatic rings. The molecule has 1 N–H and O–H groups in total. The summed E-state index contributed by atoms with van der Waals surface area (Å²) in [4.78, 5) is 0.353. The number of ether oxygens (including phenoxy) is 1. The molecule has 0 spiro atoms. The Morgan fingerprint density at radius 1 is 1.29 bits per heavy atom. The molecular weight excluding hydrogens is 324 g/mol. The monoisotopic (exact) mass is 352 g/mol. The van der Waals surface area contributed by atoms with Gasteiger partial charge in [-0.25, -0.2) is 8.42 Å². The van der Waals surface area contributed by atoms with Gasteiger partial charge in [-0.05, 0) is 37.3 Å². The van der Waals surface area contributed by atoms with Gasteiger partial charge in [-0.3, -0.25) is 0 Å². The molecule has 0 saturated carbocycles. The van der Waals surface area contributed by atoms with E-state index in [1.165, 1.54) is 0 Å². The molecule has 1 aliphatic heterocycles. The quantitative estimate of drug-likeness (QED) is 0.730. The maximum absolute atomic E-state index is 12.7. The van der Waals surface area contributed by atoms with Crippen molar-refractivity contribution in [1.29, 1.82) is 0 Å². The summed E-state index contributed by atoms with van der Waals surface area (Å²) in [6.07, 6.45) is 2.94. The highest BCUT2D eigenvalue weighted by Crippen LogP contribution is 2.38. The Bertz CT molecular complexity index is 626. The van der Waals surface area contributed by atoms with E-state index >= 15 is 0 Å². The molecule has 1 saturated heterocycles. The molecule has 4 nitrogen and oxygen atoms in total. The van der Waals surface area contributed by atoms with Crippen LogP contribution in [0.2, 0.25) is 0 Å². The Morgan fingerprint density at radius 3 is 2.54 bits per heavy atom. The van der Waals surface area contributed by atoms with Crippen LogP contribution in [0.5, 0.6) is 0 Å². The van der Waals surface area contributed by atoms with Crippen molar-refractivity contribution in [2.45, 2.75) is 56.3 Å². The van der Waals surface area contributed by atoms with E-state index < -0.39 is 15.9 Å². The summed E-state index contributed by atoms with van der Waals surface area (Å²) in [6.45, 7) is 7.72. The molecule has 0 unspecified atom stereocenters. The summed E-state index contributed by atoms with van der Waals surface area (Å²) in [6, 6.07) is 8.56. The van der Waals surface area contributed by atoms with Crippen molar-refractivity contribution >= 4 is 9.84 Å². The van der Waals surface area contributed by atoms with Crippen molar-refractivity contribution < 1.29 is 18.3 Å². The van der Waals surface area contributed by atoms with Gasteiger partial charge in [0.05, 0.1) is 29.0 Å². The fraction of sp³-hybridized carbons (Fsp3) is 0.579. The lowest BCUT2D eigenvalue weighted by atomic mass is 9.87. The van der Waals surface area contributed by atoms with Gasteiger partial charge in [0.25, 0.3) is 0 Å². The number of hydrogen-bond acceptors (Lipinski definition) is 4. The van der Waals surface area contributed by atoms with Crippen LogP contribution in [0.1, 0.15) is 33.1 Å². The van der Waals surface area contributed by atoms with Gasteiger partial charge in [0.2, 0.25) is 0 Å². The molecule has 1 heterocycles. The molecule has 0 aliphatic carbocycles. The van der Waals surface area contributed by atoms with Gasteiger partial charge in [-0.2, -0.15) is 0 Å². The Kier molecular flexibility index (Phi) is 6.61. The van der Waals surface area contributed by atoms with Crippen molar-refractivity contribution in [2.75, 3.05) is 5.75 Å². The highest BCUT2D eigenvalue weighted by atomic mass is 32.2. The third kappa shape index (κ3) is 4.47. The second-order valence-corrected chi connectivity index (χ2v) is 8.69. The zero-order chi connectivity index (χ0) is 17.7. The molecule has 1 aromatic carbocycles. The fourth-order valence-corrected chi connectivity index (χ4v) is 5.19. The van der Waals surface area contributed by atoms with Crippen LogP contribution in [0.3, 0.4) is 0 Å². The van der Waals surface area contributed by atoms with E-state index in [1.807, 2.05) is 19.9 Å². The van der Waals surface area contributed by atoms with Crippen molar-refractivity contribution in [2.24, 2.45) is 11.8 Å². The largest absolute Gasteiger partial charge is 0.393 e. The lowest BCUT2D eigenvalue weighted by Crippen LogP contribution is -2.28. The minimum atomic E-state index is -3.36. The van der Waals surface area contributed by atoms with Gasteiger partial charge in [-0.15, -0.1) is 6.58 Å². The molecule has 1 fully saturated rings. The lowest BCUT2D eigenvalue weighted by Gasteiger charge is -2.21. The normalized spacial score (nSPS) is 28.6. The van der Waals surface area contributed by atoms with Gasteiger partial charge in [0, 0.05) is 5.92 Å². The van der Waals surface area contributed by atoms with Crippen LogP contribution in [-0.4, -0.2) is 37.6 Å². The van der Waals surface area contributed by atoms with E-state index in [0.717, 1.165) is 0 Å². The summed E-state index contributed by atoms with van der Waals surface area (Å²) >= 11 is 0. The van der Waals surface area contributed by atoms with E-state index in [4.69, 9.17) is 4.74 Å². The highest BCUT2D eigenvalue weighted by Gasteiger charge is 2.43. The van der Waals surface area contributed by atoms with Gasteiger partial charge >= 0.3 is 0 Å². The minimum absolute atomic E-state index is 0.0649. The first kappa shape index (κ1) is 19.2. The molecular formula is C19H28O4S. The summed E-state index contributed by atoms with van der Waals surface area (Å²) in [7, 11) is -3.36. The number of rotatable bonds is 8. The molecule has 5 atom stereocenters. The third-order valence-corrected chi connectivity index (χ3v) is 6.79. The van der Waals surface area contributed by atoms with E-state index in [9.17, 15) is 13.5 Å². The lowest BCUT2D eigenvalue weighted by molar-refractivity contribution is 0.00109. The molecule has 0 aromatic heterocycles. The first-order chi connectivity index (χ1) is 11.4. The summed E-state index contributed by atoms with van der Waals surface area (Å²) < 4.78 is 31.6. The van der Waals surface area contributed by atoms with E-state index in [0.29, 0.717) is 24.2 Å². The van der Waals surface area contributed by atoms with Crippen LogP contribution in [0.15, 0.2) is 47.9 Å². The smallest absolute Gasteiger partial charge is 0.178 e. The number of aliphatic hydroxyl groups excluding tert-OH is 1. The predicted molar refractivity (Wildman–Crippen MR) is 95.5 cm³/mol. The zero-order valence-electron chi connectivity index (χ0n) is 14.5. The molecule has 0 radical (unpaired) electrons. The highest BCUT2D eigenvalue weighted by molar-refractivity contribution is 7.91. The van der Waals surface area contributed by atoms with Crippen molar-refractivity contribution in [3.8, 4) is 0 Å². The molecule has 0 amide bonds. The molecule has 1 aromatic rings. The zero-order valence-corrected chi connectivity index (χ0v) is 15.3. The van der Waals surface area contributed by atoms with Crippen molar-refractivity contribution in [3.05, 3.63) is 43.0 Å². The Balaban J connectivity index is 2.18. The van der Waals surface area contributed by atoms with Crippen LogP contribution in [0, 0.1) is 11.8 Å². The van der Waals surface area contributed by atoms with Crippen LogP contribution >= 0.6 is 0 Å². The van der Waals surface area contributed by atoms with Crippen LogP contribution < -0.4 is 0 Å². The topological polar surface area (TPSA) is 63.6 Å². The average molecular weight is 352 g/mol. The van der Waals surface area contributed by atoms with Crippen molar-refractivity contribution in [3.63, 3.8) is 0 Å². The molecule has 2 rings (SSSR count). The summed E-state index contributed by atoms with van der Waals surface area (Å²) in [5.41, 5.74) is 0. The SMILES string of the molecule is C=CC[C@@H]1O[C@H](C[C@H](O)CC)[C@H](C)[C@H]1CS(=O)(=O)c1ccccc1. The van der Waals surface area contributed by atoms with Crippen molar-refractivity contribution in [1.82, 2.24) is 0 Å². The maximum atomic E-state index is 12.7. The Hall–Kier alpha value is -1.17. The fourth-order valence-electron chi connectivity index (χ4n) is 3.40. The molecule has 134 valence electrons. The van der Waals surface area contributed by atoms with Crippen LogP contribution in [0.4, 0.5) is 0 Å². The molecule has 0 bridgehead atoms. The van der Waals surface area contributed by atoms with E-state index in [-0.39, 0.29) is 29.8 Å². The van der Waals surface area contributed by atoms with Gasteiger partial charge in [0.15, 0.2) is 9.84 Å².